The van der Waals surface area contributed by atoms with Gasteiger partial charge in [0.1, 0.15) is 24.8 Å². The highest BCUT2D eigenvalue weighted by Gasteiger charge is 2.45. The van der Waals surface area contributed by atoms with Crippen molar-refractivity contribution < 1.29 is 28.1 Å². The lowest BCUT2D eigenvalue weighted by Gasteiger charge is -2.39. The molecule has 6 heterocycles. The Labute approximate surface area is 413 Å². The predicted molar refractivity (Wildman–Crippen MR) is 274 cm³/mol. The van der Waals surface area contributed by atoms with Crippen molar-refractivity contribution in [2.24, 2.45) is 13.0 Å². The minimum atomic E-state index is -2.70. The SMILES string of the molecule is Cc1cc(N2CCN(CCC3CCN(c4cc5c(cc4F)C(=O)N(C4CCC(=O)NC4=O)C5=O)CC3)CC2)c(-c2cnn(C)c2)cc1Nc1ncc(Br)c(Nc2ccc3ccccc3c2P(C)(C)=O)n1. The molecule has 4 aliphatic rings. The van der Waals surface area contributed by atoms with E-state index in [0.29, 0.717) is 35.2 Å². The Morgan fingerprint density at radius 2 is 1.56 bits per heavy atom. The van der Waals surface area contributed by atoms with Gasteiger partial charge in [0.05, 0.1) is 33.2 Å². The molecule has 1 unspecified atom stereocenters. The molecule has 70 heavy (non-hydrogen) atoms. The topological polar surface area (TPSA) is 178 Å². The molecule has 3 fully saturated rings. The van der Waals surface area contributed by atoms with Crippen molar-refractivity contribution in [1.82, 2.24) is 34.9 Å². The van der Waals surface area contributed by atoms with Gasteiger partial charge in [0, 0.05) is 92.9 Å². The average Bonchev–Trinajstić information content (AvgIpc) is 3.87. The van der Waals surface area contributed by atoms with Crippen LogP contribution in [0.3, 0.4) is 0 Å². The van der Waals surface area contributed by atoms with Crippen LogP contribution in [-0.2, 0) is 21.2 Å². The van der Waals surface area contributed by atoms with Gasteiger partial charge in [-0.05, 0) is 121 Å². The molecule has 4 aliphatic heterocycles. The fourth-order valence-corrected chi connectivity index (χ4v) is 12.1. The summed E-state index contributed by atoms with van der Waals surface area (Å²) in [7, 11) is -0.788. The fourth-order valence-electron chi connectivity index (χ4n) is 10.3. The Morgan fingerprint density at radius 3 is 2.27 bits per heavy atom. The second-order valence-corrected chi connectivity index (χ2v) is 23.1. The molecule has 19 heteroatoms. The van der Waals surface area contributed by atoms with Crippen LogP contribution in [0.2, 0.25) is 0 Å². The number of piperidine rings is 2. The minimum absolute atomic E-state index is 0.0170. The Hall–Kier alpha value is -6.49. The lowest BCUT2D eigenvalue weighted by molar-refractivity contribution is -0.136. The summed E-state index contributed by atoms with van der Waals surface area (Å²) in [6, 6.07) is 17.8. The summed E-state index contributed by atoms with van der Waals surface area (Å²) in [4.78, 5) is 68.1. The van der Waals surface area contributed by atoms with Gasteiger partial charge in [-0.1, -0.05) is 30.3 Å². The molecule has 2 aromatic heterocycles. The lowest BCUT2D eigenvalue weighted by atomic mass is 9.92. The van der Waals surface area contributed by atoms with Crippen molar-refractivity contribution in [3.8, 4) is 11.1 Å². The summed E-state index contributed by atoms with van der Waals surface area (Å²) in [5.74, 6) is -1.67. The third-order valence-electron chi connectivity index (χ3n) is 14.1. The van der Waals surface area contributed by atoms with E-state index in [2.05, 4.69) is 70.8 Å². The number of fused-ring (bicyclic) bond motifs is 2. The van der Waals surface area contributed by atoms with Gasteiger partial charge in [-0.15, -0.1) is 0 Å². The summed E-state index contributed by atoms with van der Waals surface area (Å²) in [5, 5.41) is 16.4. The Kier molecular flexibility index (Phi) is 12.8. The first-order valence-corrected chi connectivity index (χ1v) is 27.0. The zero-order valence-corrected chi connectivity index (χ0v) is 41.9. The molecule has 3 N–H and O–H groups in total. The van der Waals surface area contributed by atoms with Crippen molar-refractivity contribution in [1.29, 1.82) is 0 Å². The number of rotatable bonds is 12. The maximum atomic E-state index is 15.6. The van der Waals surface area contributed by atoms with E-state index in [1.54, 1.807) is 24.2 Å². The number of carbonyl (C=O) groups is 4. The van der Waals surface area contributed by atoms with Gasteiger partial charge in [-0.25, -0.2) is 9.37 Å². The highest BCUT2D eigenvalue weighted by Crippen LogP contribution is 2.43. The van der Waals surface area contributed by atoms with Crippen LogP contribution in [0.15, 0.2) is 83.7 Å². The van der Waals surface area contributed by atoms with E-state index in [1.807, 2.05) is 60.7 Å². The smallest absolute Gasteiger partial charge is 0.262 e. The molecular formula is C51H54BrFN11O5P. The molecule has 6 aromatic rings. The molecule has 0 saturated carbocycles. The molecule has 362 valence electrons. The maximum absolute atomic E-state index is 15.6. The van der Waals surface area contributed by atoms with Gasteiger partial charge < -0.3 is 25.0 Å². The number of amides is 4. The summed E-state index contributed by atoms with van der Waals surface area (Å²) in [6.45, 7) is 11.3. The number of aromatic nitrogens is 4. The molecule has 4 aromatic carbocycles. The number of nitrogens with one attached hydrogen (secondary N) is 3. The Bertz CT molecular complexity index is 3140. The molecule has 0 radical (unpaired) electrons. The molecule has 1 atom stereocenters. The molecule has 0 spiro atoms. The van der Waals surface area contributed by atoms with E-state index in [9.17, 15) is 23.7 Å². The number of halogens is 2. The quantitative estimate of drug-likeness (QED) is 0.0800. The van der Waals surface area contributed by atoms with Crippen molar-refractivity contribution in [2.45, 2.75) is 45.1 Å². The molecule has 3 saturated heterocycles. The van der Waals surface area contributed by atoms with Gasteiger partial charge in [-0.2, -0.15) is 10.1 Å². The van der Waals surface area contributed by atoms with Crippen LogP contribution in [0.25, 0.3) is 21.9 Å². The number of carbonyl (C=O) groups excluding carboxylic acids is 4. The van der Waals surface area contributed by atoms with E-state index in [1.165, 1.54) is 6.07 Å². The van der Waals surface area contributed by atoms with E-state index in [-0.39, 0.29) is 29.7 Å². The highest BCUT2D eigenvalue weighted by atomic mass is 79.9. The van der Waals surface area contributed by atoms with E-state index >= 15 is 4.39 Å². The number of nitrogens with zero attached hydrogens (tertiary/aromatic N) is 8. The van der Waals surface area contributed by atoms with Crippen molar-refractivity contribution in [2.75, 3.05) is 79.6 Å². The first-order chi connectivity index (χ1) is 33.6. The van der Waals surface area contributed by atoms with Crippen molar-refractivity contribution in [3.05, 3.63) is 106 Å². The van der Waals surface area contributed by atoms with Crippen LogP contribution < -0.4 is 31.1 Å². The number of imide groups is 2. The highest BCUT2D eigenvalue weighted by molar-refractivity contribution is 9.10. The number of hydrogen-bond acceptors (Lipinski definition) is 13. The summed E-state index contributed by atoms with van der Waals surface area (Å²) >= 11 is 3.63. The van der Waals surface area contributed by atoms with Gasteiger partial charge in [0.25, 0.3) is 11.8 Å². The van der Waals surface area contributed by atoms with Crippen LogP contribution in [0.5, 0.6) is 0 Å². The number of benzene rings is 4. The molecule has 0 aliphatic carbocycles. The number of aryl methyl sites for hydroxylation is 2. The molecule has 4 amide bonds. The standard InChI is InChI=1S/C51H54BrFN11O5P/c1-30-23-43(35(33-27-55-60(2)29-33)25-41(30)57-51-54-28-38(52)47(59-51)56-40-10-9-32-7-5-6-8-34(32)46(40)70(3,4)69)63-21-19-61(20-22-63)16-13-31-14-17-62(18-15-31)44-26-37-36(24-39(44)53)49(67)64(50(37)68)42-11-12-45(65)58-48(42)66/h5-10,23-29,31,42H,11-22H2,1-4H3,(H,58,65,66)(H2,54,56,57,59). The summed E-state index contributed by atoms with van der Waals surface area (Å²) in [5.41, 5.74) is 6.09. The largest absolute Gasteiger partial charge is 0.369 e. The van der Waals surface area contributed by atoms with Crippen LogP contribution in [0, 0.1) is 18.7 Å². The van der Waals surface area contributed by atoms with E-state index in [4.69, 9.17) is 4.98 Å². The number of hydrogen-bond donors (Lipinski definition) is 3. The van der Waals surface area contributed by atoms with Crippen LogP contribution >= 0.6 is 23.1 Å². The Balaban J connectivity index is 0.773. The lowest BCUT2D eigenvalue weighted by Crippen LogP contribution is -2.54. The second kappa shape index (κ2) is 19.0. The van der Waals surface area contributed by atoms with E-state index < -0.39 is 42.6 Å². The van der Waals surface area contributed by atoms with Crippen LogP contribution in [0.1, 0.15) is 58.4 Å². The Morgan fingerprint density at radius 1 is 0.829 bits per heavy atom. The third kappa shape index (κ3) is 9.31. The monoisotopic (exact) mass is 1030 g/mol. The van der Waals surface area contributed by atoms with E-state index in [0.717, 1.165) is 113 Å². The second-order valence-electron chi connectivity index (χ2n) is 19.1. The summed E-state index contributed by atoms with van der Waals surface area (Å²) < 4.78 is 31.7. The van der Waals surface area contributed by atoms with Gasteiger partial charge in [-0.3, -0.25) is 39.0 Å². The number of piperazine rings is 1. The van der Waals surface area contributed by atoms with Gasteiger partial charge >= 0.3 is 0 Å². The van der Waals surface area contributed by atoms with Crippen LogP contribution in [-0.4, -0.2) is 118 Å². The first-order valence-electron chi connectivity index (χ1n) is 23.6. The first kappa shape index (κ1) is 47.2. The van der Waals surface area contributed by atoms with Crippen molar-refractivity contribution in [3.63, 3.8) is 0 Å². The maximum Gasteiger partial charge on any atom is 0.262 e. The van der Waals surface area contributed by atoms with Crippen LogP contribution in [0.4, 0.5) is 38.9 Å². The normalized spacial score (nSPS) is 18.2. The zero-order chi connectivity index (χ0) is 49.0. The third-order valence-corrected chi connectivity index (χ3v) is 16.2. The molecule has 10 rings (SSSR count). The molecule has 16 nitrogen and oxygen atoms in total. The van der Waals surface area contributed by atoms with Gasteiger partial charge in [0.15, 0.2) is 0 Å². The zero-order valence-electron chi connectivity index (χ0n) is 39.5. The molecular weight excluding hydrogens is 977 g/mol. The van der Waals surface area contributed by atoms with Gasteiger partial charge in [0.2, 0.25) is 17.8 Å². The predicted octanol–water partition coefficient (Wildman–Crippen LogP) is 7.81. The average molecular weight is 1030 g/mol. The fraction of sp³-hybridized carbons (Fsp3) is 0.353. The minimum Gasteiger partial charge on any atom is -0.369 e. The summed E-state index contributed by atoms with van der Waals surface area (Å²) in [6.07, 6.45) is 8.43. The van der Waals surface area contributed by atoms with Crippen molar-refractivity contribution >= 4 is 97.3 Å². The number of anilines is 6. The molecule has 0 bridgehead atoms.